The Morgan fingerprint density at radius 3 is 2.24 bits per heavy atom. The lowest BCUT2D eigenvalue weighted by molar-refractivity contribution is -0.132. The number of anilines is 1. The van der Waals surface area contributed by atoms with Gasteiger partial charge >= 0.3 is 5.97 Å². The predicted molar refractivity (Wildman–Crippen MR) is 108 cm³/mol. The summed E-state index contributed by atoms with van der Waals surface area (Å²) in [5, 5.41) is 14.4. The third-order valence-corrected chi connectivity index (χ3v) is 3.92. The number of carboxylic acid groups (broad SMARTS) is 1. The monoisotopic (exact) mass is 390 g/mol. The fourth-order valence-corrected chi connectivity index (χ4v) is 2.58. The highest BCUT2D eigenvalue weighted by molar-refractivity contribution is 6.03. The normalized spacial score (nSPS) is 11.0. The van der Waals surface area contributed by atoms with Crippen molar-refractivity contribution in [3.05, 3.63) is 83.8 Å². The number of carbonyl (C=O) groups is 3. The van der Waals surface area contributed by atoms with E-state index in [1.54, 1.807) is 24.3 Å². The third kappa shape index (κ3) is 5.20. The Kier molecular flexibility index (Phi) is 5.89. The maximum Gasteiger partial charge on any atom is 0.352 e. The molecule has 29 heavy (non-hydrogen) atoms. The van der Waals surface area contributed by atoms with E-state index < -0.39 is 11.9 Å². The standard InChI is InChI=1S/C22H18N2O5/c1-14(25)23-17-9-7-16(8-10-17)21(26)24-19(22(27)28)13-18-11-12-20(29-18)15-5-3-2-4-6-15/h2-13H,1H3,(H,23,25)(H,24,26)(H,27,28)/b19-13-. The van der Waals surface area contributed by atoms with Gasteiger partial charge in [-0.25, -0.2) is 4.79 Å². The van der Waals surface area contributed by atoms with E-state index in [1.165, 1.54) is 25.1 Å². The molecule has 3 N–H and O–H groups in total. The molecule has 7 heteroatoms. The van der Waals surface area contributed by atoms with Crippen molar-refractivity contribution < 1.29 is 23.9 Å². The van der Waals surface area contributed by atoms with Crippen LogP contribution in [0, 0.1) is 0 Å². The van der Waals surface area contributed by atoms with Gasteiger partial charge in [0.1, 0.15) is 17.2 Å². The van der Waals surface area contributed by atoms with Gasteiger partial charge in [-0.15, -0.1) is 0 Å². The number of carboxylic acids is 1. The van der Waals surface area contributed by atoms with E-state index in [9.17, 15) is 19.5 Å². The van der Waals surface area contributed by atoms with Gasteiger partial charge < -0.3 is 20.2 Å². The Morgan fingerprint density at radius 2 is 1.62 bits per heavy atom. The molecule has 0 aliphatic heterocycles. The van der Waals surface area contributed by atoms with Crippen LogP contribution in [0.4, 0.5) is 5.69 Å². The lowest BCUT2D eigenvalue weighted by Crippen LogP contribution is -2.27. The van der Waals surface area contributed by atoms with Crippen molar-refractivity contribution in [2.75, 3.05) is 5.32 Å². The van der Waals surface area contributed by atoms with Gasteiger partial charge in [0.2, 0.25) is 5.91 Å². The molecule has 0 spiro atoms. The summed E-state index contributed by atoms with van der Waals surface area (Å²) in [7, 11) is 0. The van der Waals surface area contributed by atoms with E-state index in [4.69, 9.17) is 4.42 Å². The maximum absolute atomic E-state index is 12.4. The van der Waals surface area contributed by atoms with Crippen LogP contribution >= 0.6 is 0 Å². The smallest absolute Gasteiger partial charge is 0.352 e. The van der Waals surface area contributed by atoms with Crippen LogP contribution in [0.3, 0.4) is 0 Å². The van der Waals surface area contributed by atoms with E-state index in [2.05, 4.69) is 10.6 Å². The summed E-state index contributed by atoms with van der Waals surface area (Å²) in [6, 6.07) is 18.8. The second kappa shape index (κ2) is 8.71. The van der Waals surface area contributed by atoms with Crippen molar-refractivity contribution in [3.63, 3.8) is 0 Å². The van der Waals surface area contributed by atoms with Crippen LogP contribution in [0.15, 0.2) is 76.8 Å². The molecular formula is C22H18N2O5. The number of rotatable bonds is 6. The highest BCUT2D eigenvalue weighted by Crippen LogP contribution is 2.23. The van der Waals surface area contributed by atoms with Crippen LogP contribution in [0.5, 0.6) is 0 Å². The zero-order valence-electron chi connectivity index (χ0n) is 15.5. The van der Waals surface area contributed by atoms with Crippen LogP contribution < -0.4 is 10.6 Å². The SMILES string of the molecule is CC(=O)Nc1ccc(C(=O)N/C(=C\c2ccc(-c3ccccc3)o2)C(=O)O)cc1. The van der Waals surface area contributed by atoms with E-state index in [0.29, 0.717) is 17.2 Å². The van der Waals surface area contributed by atoms with Crippen molar-refractivity contribution in [1.29, 1.82) is 0 Å². The average molecular weight is 390 g/mol. The number of benzene rings is 2. The number of hydrogen-bond acceptors (Lipinski definition) is 4. The van der Waals surface area contributed by atoms with Gasteiger partial charge in [0, 0.05) is 29.8 Å². The van der Waals surface area contributed by atoms with E-state index in [-0.39, 0.29) is 17.2 Å². The molecule has 2 amide bonds. The minimum atomic E-state index is -1.30. The average Bonchev–Trinajstić information content (AvgIpc) is 3.17. The minimum Gasteiger partial charge on any atom is -0.477 e. The van der Waals surface area contributed by atoms with Crippen LogP contribution in [0.2, 0.25) is 0 Å². The molecule has 0 saturated heterocycles. The Hall–Kier alpha value is -4.13. The quantitative estimate of drug-likeness (QED) is 0.555. The van der Waals surface area contributed by atoms with Crippen molar-refractivity contribution in [3.8, 4) is 11.3 Å². The second-order valence-corrected chi connectivity index (χ2v) is 6.14. The van der Waals surface area contributed by atoms with Crippen molar-refractivity contribution in [1.82, 2.24) is 5.32 Å². The largest absolute Gasteiger partial charge is 0.477 e. The summed E-state index contributed by atoms with van der Waals surface area (Å²) in [5.74, 6) is -1.25. The molecule has 0 atom stereocenters. The lowest BCUT2D eigenvalue weighted by Gasteiger charge is -2.07. The highest BCUT2D eigenvalue weighted by Gasteiger charge is 2.15. The summed E-state index contributed by atoms with van der Waals surface area (Å²) in [6.45, 7) is 1.38. The van der Waals surface area contributed by atoms with Crippen molar-refractivity contribution in [2.24, 2.45) is 0 Å². The Bertz CT molecular complexity index is 1070. The Labute approximate surface area is 166 Å². The molecule has 0 fully saturated rings. The third-order valence-electron chi connectivity index (χ3n) is 3.92. The molecule has 0 aliphatic carbocycles. The molecule has 1 aromatic heterocycles. The molecular weight excluding hydrogens is 372 g/mol. The molecule has 146 valence electrons. The summed E-state index contributed by atoms with van der Waals surface area (Å²) in [4.78, 5) is 35.0. The van der Waals surface area contributed by atoms with Gasteiger partial charge in [0.05, 0.1) is 0 Å². The van der Waals surface area contributed by atoms with Gasteiger partial charge in [-0.1, -0.05) is 30.3 Å². The van der Waals surface area contributed by atoms with Gasteiger partial charge in [0.25, 0.3) is 5.91 Å². The first-order valence-corrected chi connectivity index (χ1v) is 8.71. The van der Waals surface area contributed by atoms with E-state index in [0.717, 1.165) is 5.56 Å². The molecule has 1 heterocycles. The zero-order valence-corrected chi connectivity index (χ0v) is 15.5. The predicted octanol–water partition coefficient (Wildman–Crippen LogP) is 3.76. The fourth-order valence-electron chi connectivity index (χ4n) is 2.58. The first-order chi connectivity index (χ1) is 13.9. The van der Waals surface area contributed by atoms with E-state index in [1.807, 2.05) is 30.3 Å². The van der Waals surface area contributed by atoms with Crippen molar-refractivity contribution in [2.45, 2.75) is 6.92 Å². The summed E-state index contributed by atoms with van der Waals surface area (Å²) < 4.78 is 5.66. The van der Waals surface area contributed by atoms with Gasteiger partial charge in [-0.2, -0.15) is 0 Å². The summed E-state index contributed by atoms with van der Waals surface area (Å²) in [6.07, 6.45) is 1.25. The first-order valence-electron chi connectivity index (χ1n) is 8.71. The van der Waals surface area contributed by atoms with Gasteiger partial charge in [0.15, 0.2) is 0 Å². The zero-order chi connectivity index (χ0) is 20.8. The molecule has 0 aliphatic rings. The number of aliphatic carboxylic acids is 1. The number of furan rings is 1. The highest BCUT2D eigenvalue weighted by atomic mass is 16.4. The topological polar surface area (TPSA) is 109 Å². The molecule has 0 bridgehead atoms. The molecule has 3 rings (SSSR count). The van der Waals surface area contributed by atoms with Crippen LogP contribution in [0.1, 0.15) is 23.0 Å². The van der Waals surface area contributed by atoms with Crippen LogP contribution in [-0.4, -0.2) is 22.9 Å². The molecule has 7 nitrogen and oxygen atoms in total. The number of carbonyl (C=O) groups excluding carboxylic acids is 2. The molecule has 3 aromatic rings. The van der Waals surface area contributed by atoms with Crippen molar-refractivity contribution >= 4 is 29.5 Å². The molecule has 0 unspecified atom stereocenters. The Morgan fingerprint density at radius 1 is 0.931 bits per heavy atom. The molecule has 0 saturated carbocycles. The fraction of sp³-hybridized carbons (Fsp3) is 0.0455. The minimum absolute atomic E-state index is 0.230. The number of nitrogens with one attached hydrogen (secondary N) is 2. The maximum atomic E-state index is 12.4. The van der Waals surface area contributed by atoms with Gasteiger partial charge in [-0.3, -0.25) is 9.59 Å². The second-order valence-electron chi connectivity index (χ2n) is 6.14. The van der Waals surface area contributed by atoms with Crippen LogP contribution in [0.25, 0.3) is 17.4 Å². The van der Waals surface area contributed by atoms with E-state index >= 15 is 0 Å². The Balaban J connectivity index is 1.76. The lowest BCUT2D eigenvalue weighted by atomic mass is 10.2. The number of amides is 2. The van der Waals surface area contributed by atoms with Crippen LogP contribution in [-0.2, 0) is 9.59 Å². The first kappa shape index (κ1) is 19.6. The molecule has 0 radical (unpaired) electrons. The summed E-state index contributed by atoms with van der Waals surface area (Å²) >= 11 is 0. The summed E-state index contributed by atoms with van der Waals surface area (Å²) in [5.41, 5.74) is 1.31. The van der Waals surface area contributed by atoms with Gasteiger partial charge in [-0.05, 0) is 36.4 Å². The number of hydrogen-bond donors (Lipinski definition) is 3. The molecule has 2 aromatic carbocycles.